The summed E-state index contributed by atoms with van der Waals surface area (Å²) in [6, 6.07) is 4.08. The van der Waals surface area contributed by atoms with Crippen LogP contribution in [-0.2, 0) is 14.3 Å². The summed E-state index contributed by atoms with van der Waals surface area (Å²) in [5.41, 5.74) is 5.33. The van der Waals surface area contributed by atoms with E-state index in [9.17, 15) is 14.7 Å². The van der Waals surface area contributed by atoms with Crippen molar-refractivity contribution in [2.24, 2.45) is 0 Å². The van der Waals surface area contributed by atoms with Crippen LogP contribution in [0, 0.1) is 0 Å². The predicted octanol–water partition coefficient (Wildman–Crippen LogP) is 0.0363. The Hall–Kier alpha value is -2.28. The minimum absolute atomic E-state index is 0.0182. The van der Waals surface area contributed by atoms with Crippen molar-refractivity contribution in [2.75, 3.05) is 26.1 Å². The SMILES string of the molecule is COC(=O)CC1(NC(=O)c2ccc(O)cc2N)COC1. The smallest absolute Gasteiger partial charge is 0.308 e. The monoisotopic (exact) mass is 280 g/mol. The second-order valence-corrected chi connectivity index (χ2v) is 4.75. The minimum Gasteiger partial charge on any atom is -0.508 e. The fourth-order valence-corrected chi connectivity index (χ4v) is 1.98. The molecule has 1 amide bonds. The van der Waals surface area contributed by atoms with Crippen molar-refractivity contribution >= 4 is 17.6 Å². The first-order chi connectivity index (χ1) is 9.46. The third kappa shape index (κ3) is 2.83. The van der Waals surface area contributed by atoms with Gasteiger partial charge in [0, 0.05) is 11.8 Å². The number of rotatable bonds is 4. The van der Waals surface area contributed by atoms with Crippen LogP contribution in [0.1, 0.15) is 16.8 Å². The highest BCUT2D eigenvalue weighted by atomic mass is 16.5. The van der Waals surface area contributed by atoms with Crippen LogP contribution < -0.4 is 11.1 Å². The molecule has 1 aromatic rings. The van der Waals surface area contributed by atoms with Gasteiger partial charge in [-0.25, -0.2) is 0 Å². The van der Waals surface area contributed by atoms with Gasteiger partial charge in [-0.2, -0.15) is 0 Å². The van der Waals surface area contributed by atoms with E-state index < -0.39 is 17.4 Å². The number of methoxy groups -OCH3 is 1. The van der Waals surface area contributed by atoms with Gasteiger partial charge in [0.2, 0.25) is 0 Å². The summed E-state index contributed by atoms with van der Waals surface area (Å²) in [5, 5.41) is 12.0. The molecule has 108 valence electrons. The number of anilines is 1. The first-order valence-electron chi connectivity index (χ1n) is 6.01. The van der Waals surface area contributed by atoms with Gasteiger partial charge in [-0.1, -0.05) is 0 Å². The third-order valence-electron chi connectivity index (χ3n) is 3.13. The number of nitrogens with two attached hydrogens (primary N) is 1. The summed E-state index contributed by atoms with van der Waals surface area (Å²) in [6.07, 6.45) is 0.0349. The Bertz CT molecular complexity index is 540. The van der Waals surface area contributed by atoms with Crippen molar-refractivity contribution in [1.29, 1.82) is 0 Å². The molecule has 2 rings (SSSR count). The normalized spacial score (nSPS) is 16.1. The van der Waals surface area contributed by atoms with Crippen molar-refractivity contribution in [3.8, 4) is 5.75 Å². The summed E-state index contributed by atoms with van der Waals surface area (Å²) >= 11 is 0. The second-order valence-electron chi connectivity index (χ2n) is 4.75. The number of nitrogens with one attached hydrogen (secondary N) is 1. The van der Waals surface area contributed by atoms with Crippen molar-refractivity contribution in [2.45, 2.75) is 12.0 Å². The second kappa shape index (κ2) is 5.38. The molecule has 7 heteroatoms. The Kier molecular flexibility index (Phi) is 3.80. The van der Waals surface area contributed by atoms with E-state index in [4.69, 9.17) is 10.5 Å². The third-order valence-corrected chi connectivity index (χ3v) is 3.13. The molecule has 7 nitrogen and oxygen atoms in total. The van der Waals surface area contributed by atoms with Gasteiger partial charge in [0.25, 0.3) is 5.91 Å². The Balaban J connectivity index is 2.11. The zero-order chi connectivity index (χ0) is 14.8. The van der Waals surface area contributed by atoms with Gasteiger partial charge < -0.3 is 25.6 Å². The van der Waals surface area contributed by atoms with Crippen molar-refractivity contribution < 1.29 is 24.2 Å². The molecule has 0 unspecified atom stereocenters. The topological polar surface area (TPSA) is 111 Å². The van der Waals surface area contributed by atoms with Crippen molar-refractivity contribution in [3.63, 3.8) is 0 Å². The molecule has 0 atom stereocenters. The average molecular weight is 280 g/mol. The molecule has 0 saturated carbocycles. The minimum atomic E-state index is -0.755. The number of carbonyl (C=O) groups is 2. The van der Waals surface area contributed by atoms with E-state index in [1.807, 2.05) is 0 Å². The number of amides is 1. The predicted molar refractivity (Wildman–Crippen MR) is 70.2 cm³/mol. The van der Waals surface area contributed by atoms with Crippen LogP contribution in [0.4, 0.5) is 5.69 Å². The van der Waals surface area contributed by atoms with Crippen LogP contribution >= 0.6 is 0 Å². The van der Waals surface area contributed by atoms with Gasteiger partial charge in [-0.05, 0) is 12.1 Å². The molecule has 1 fully saturated rings. The first-order valence-corrected chi connectivity index (χ1v) is 6.01. The Morgan fingerprint density at radius 3 is 2.70 bits per heavy atom. The van der Waals surface area contributed by atoms with Crippen molar-refractivity contribution in [3.05, 3.63) is 23.8 Å². The van der Waals surface area contributed by atoms with Gasteiger partial charge in [0.05, 0.1) is 37.8 Å². The molecule has 1 saturated heterocycles. The van der Waals surface area contributed by atoms with Crippen LogP contribution in [0.3, 0.4) is 0 Å². The highest BCUT2D eigenvalue weighted by Crippen LogP contribution is 2.24. The highest BCUT2D eigenvalue weighted by Gasteiger charge is 2.42. The number of hydrogen-bond acceptors (Lipinski definition) is 6. The van der Waals surface area contributed by atoms with E-state index in [2.05, 4.69) is 10.1 Å². The molecule has 4 N–H and O–H groups in total. The number of benzene rings is 1. The maximum absolute atomic E-state index is 12.2. The van der Waals surface area contributed by atoms with E-state index in [0.29, 0.717) is 0 Å². The van der Waals surface area contributed by atoms with Crippen LogP contribution in [0.15, 0.2) is 18.2 Å². The van der Waals surface area contributed by atoms with E-state index in [-0.39, 0.29) is 36.6 Å². The van der Waals surface area contributed by atoms with Gasteiger partial charge >= 0.3 is 5.97 Å². The lowest BCUT2D eigenvalue weighted by Crippen LogP contribution is -2.63. The van der Waals surface area contributed by atoms with E-state index in [1.165, 1.54) is 25.3 Å². The largest absolute Gasteiger partial charge is 0.508 e. The van der Waals surface area contributed by atoms with Crippen LogP contribution in [0.25, 0.3) is 0 Å². The van der Waals surface area contributed by atoms with E-state index in [0.717, 1.165) is 0 Å². The fourth-order valence-electron chi connectivity index (χ4n) is 1.98. The van der Waals surface area contributed by atoms with Crippen LogP contribution in [-0.4, -0.2) is 42.8 Å². The lowest BCUT2D eigenvalue weighted by Gasteiger charge is -2.41. The summed E-state index contributed by atoms with van der Waals surface area (Å²) in [6.45, 7) is 0.484. The molecule has 0 radical (unpaired) electrons. The maximum atomic E-state index is 12.2. The summed E-state index contributed by atoms with van der Waals surface area (Å²) in [7, 11) is 1.29. The van der Waals surface area contributed by atoms with Crippen LogP contribution in [0.5, 0.6) is 5.75 Å². The molecular formula is C13H16N2O5. The lowest BCUT2D eigenvalue weighted by atomic mass is 9.92. The molecule has 1 heterocycles. The number of hydrogen-bond donors (Lipinski definition) is 3. The number of esters is 1. The summed E-state index contributed by atoms with van der Waals surface area (Å²) in [5.74, 6) is -0.864. The van der Waals surface area contributed by atoms with Crippen LogP contribution in [0.2, 0.25) is 0 Å². The van der Waals surface area contributed by atoms with Gasteiger partial charge in [0.15, 0.2) is 0 Å². The Morgan fingerprint density at radius 1 is 1.50 bits per heavy atom. The number of phenols is 1. The van der Waals surface area contributed by atoms with Gasteiger partial charge in [-0.3, -0.25) is 9.59 Å². The maximum Gasteiger partial charge on any atom is 0.308 e. The number of ether oxygens (including phenoxy) is 2. The zero-order valence-electron chi connectivity index (χ0n) is 11.0. The standard InChI is InChI=1S/C13H16N2O5/c1-19-11(17)5-13(6-20-7-13)15-12(18)9-3-2-8(16)4-10(9)14/h2-4,16H,5-7,14H2,1H3,(H,15,18). The molecule has 1 aromatic carbocycles. The summed E-state index contributed by atoms with van der Waals surface area (Å²) in [4.78, 5) is 23.5. The molecule has 0 aliphatic carbocycles. The van der Waals surface area contributed by atoms with Gasteiger partial charge in [-0.15, -0.1) is 0 Å². The number of aromatic hydroxyl groups is 1. The highest BCUT2D eigenvalue weighted by molar-refractivity contribution is 6.00. The number of carbonyl (C=O) groups excluding carboxylic acids is 2. The Morgan fingerprint density at radius 2 is 2.20 bits per heavy atom. The number of nitrogen functional groups attached to an aromatic ring is 1. The summed E-state index contributed by atoms with van der Waals surface area (Å²) < 4.78 is 9.68. The Labute approximate surface area is 115 Å². The molecular weight excluding hydrogens is 264 g/mol. The molecule has 1 aliphatic rings. The molecule has 1 aliphatic heterocycles. The zero-order valence-corrected chi connectivity index (χ0v) is 11.0. The first kappa shape index (κ1) is 14.1. The van der Waals surface area contributed by atoms with Gasteiger partial charge in [0.1, 0.15) is 5.75 Å². The quantitative estimate of drug-likeness (QED) is 0.530. The molecule has 0 spiro atoms. The number of phenolic OH excluding ortho intramolecular Hbond substituents is 1. The molecule has 20 heavy (non-hydrogen) atoms. The van der Waals surface area contributed by atoms with Crippen molar-refractivity contribution in [1.82, 2.24) is 5.32 Å². The lowest BCUT2D eigenvalue weighted by molar-refractivity contribution is -0.149. The molecule has 0 aromatic heterocycles. The van der Waals surface area contributed by atoms with E-state index in [1.54, 1.807) is 0 Å². The van der Waals surface area contributed by atoms with E-state index >= 15 is 0 Å². The average Bonchev–Trinajstić information content (AvgIpc) is 2.35. The molecule has 0 bridgehead atoms. The fraction of sp³-hybridized carbons (Fsp3) is 0.385.